The van der Waals surface area contributed by atoms with Crippen LogP contribution in [0.5, 0.6) is 0 Å². The van der Waals surface area contributed by atoms with E-state index in [4.69, 9.17) is 9.73 Å². The maximum atomic E-state index is 12.9. The highest BCUT2D eigenvalue weighted by molar-refractivity contribution is 6.10. The third kappa shape index (κ3) is 6.28. The van der Waals surface area contributed by atoms with E-state index < -0.39 is 17.6 Å². The number of nitrogens with zero attached hydrogens (tertiary/aromatic N) is 2. The number of benzene rings is 3. The number of esters is 1. The molecule has 3 aromatic carbocycles. The molecule has 0 radical (unpaired) electrons. The van der Waals surface area contributed by atoms with Crippen LogP contribution in [0.2, 0.25) is 0 Å². The van der Waals surface area contributed by atoms with E-state index in [-0.39, 0.29) is 11.5 Å². The molecular weight excluding hydrogens is 488 g/mol. The van der Waals surface area contributed by atoms with Crippen molar-refractivity contribution >= 4 is 29.2 Å². The van der Waals surface area contributed by atoms with Crippen molar-refractivity contribution in [2.45, 2.75) is 65.5 Å². The van der Waals surface area contributed by atoms with Crippen molar-refractivity contribution in [3.8, 4) is 11.1 Å². The van der Waals surface area contributed by atoms with E-state index in [1.807, 2.05) is 105 Å². The Morgan fingerprint density at radius 2 is 1.56 bits per heavy atom. The number of carboxylic acid groups (broad SMARTS) is 1. The summed E-state index contributed by atoms with van der Waals surface area (Å²) in [6, 6.07) is 24.3. The van der Waals surface area contributed by atoms with Gasteiger partial charge in [0.2, 0.25) is 0 Å². The molecule has 0 bridgehead atoms. The van der Waals surface area contributed by atoms with Crippen LogP contribution in [0.3, 0.4) is 0 Å². The quantitative estimate of drug-likeness (QED) is 0.307. The molecular formula is C33H36N2O4. The first-order chi connectivity index (χ1) is 18.6. The normalized spacial score (nSPS) is 15.7. The van der Waals surface area contributed by atoms with Crippen molar-refractivity contribution in [3.05, 3.63) is 95.6 Å². The Bertz CT molecular complexity index is 1400. The van der Waals surface area contributed by atoms with Gasteiger partial charge in [-0.25, -0.2) is 14.6 Å². The maximum Gasteiger partial charge on any atom is 0.339 e. The van der Waals surface area contributed by atoms with Crippen LogP contribution in [0, 0.1) is 0 Å². The SMILES string of the molecule is CCCCC1=NC(c2ccccc2)=C(C(=O)O)C(C)N1c1ccc(-c2ccccc2C(=O)OC(C)(C)C)cc1. The molecule has 1 N–H and O–H groups in total. The number of aliphatic imine (C=N–C) groups is 1. The van der Waals surface area contributed by atoms with E-state index in [0.717, 1.165) is 47.5 Å². The Hall–Kier alpha value is -4.19. The molecule has 0 saturated carbocycles. The fraction of sp³-hybridized carbons (Fsp3) is 0.303. The number of carbonyl (C=O) groups is 2. The summed E-state index contributed by atoms with van der Waals surface area (Å²) < 4.78 is 5.63. The number of rotatable bonds is 8. The number of aliphatic carboxylic acids is 1. The van der Waals surface area contributed by atoms with Crippen LogP contribution in [0.15, 0.2) is 89.4 Å². The minimum absolute atomic E-state index is 0.265. The predicted octanol–water partition coefficient (Wildman–Crippen LogP) is 7.60. The van der Waals surface area contributed by atoms with E-state index in [1.54, 1.807) is 6.07 Å². The number of carboxylic acids is 1. The number of anilines is 1. The lowest BCUT2D eigenvalue weighted by molar-refractivity contribution is -0.132. The van der Waals surface area contributed by atoms with Gasteiger partial charge in [-0.05, 0) is 63.4 Å². The second-order valence-electron chi connectivity index (χ2n) is 10.7. The molecule has 6 nitrogen and oxygen atoms in total. The van der Waals surface area contributed by atoms with Crippen molar-refractivity contribution in [2.24, 2.45) is 4.99 Å². The second-order valence-corrected chi connectivity index (χ2v) is 10.7. The number of hydrogen-bond donors (Lipinski definition) is 1. The average Bonchev–Trinajstić information content (AvgIpc) is 2.91. The Morgan fingerprint density at radius 1 is 0.923 bits per heavy atom. The van der Waals surface area contributed by atoms with Gasteiger partial charge in [0, 0.05) is 17.7 Å². The zero-order chi connectivity index (χ0) is 28.2. The van der Waals surface area contributed by atoms with Crippen molar-refractivity contribution in [3.63, 3.8) is 0 Å². The molecule has 0 aliphatic carbocycles. The molecule has 0 saturated heterocycles. The molecule has 1 unspecified atom stereocenters. The highest BCUT2D eigenvalue weighted by Gasteiger charge is 2.34. The van der Waals surface area contributed by atoms with Gasteiger partial charge in [0.1, 0.15) is 11.4 Å². The van der Waals surface area contributed by atoms with Crippen molar-refractivity contribution < 1.29 is 19.4 Å². The topological polar surface area (TPSA) is 79.2 Å². The first-order valence-electron chi connectivity index (χ1n) is 13.4. The van der Waals surface area contributed by atoms with Crippen LogP contribution < -0.4 is 4.90 Å². The molecule has 1 atom stereocenters. The Morgan fingerprint density at radius 3 is 2.18 bits per heavy atom. The predicted molar refractivity (Wildman–Crippen MR) is 157 cm³/mol. The van der Waals surface area contributed by atoms with Gasteiger partial charge < -0.3 is 14.7 Å². The number of amidine groups is 1. The van der Waals surface area contributed by atoms with Gasteiger partial charge >= 0.3 is 11.9 Å². The first-order valence-corrected chi connectivity index (χ1v) is 13.4. The Kier molecular flexibility index (Phi) is 8.34. The molecule has 0 fully saturated rings. The molecule has 0 aromatic heterocycles. The lowest BCUT2D eigenvalue weighted by atomic mass is 9.95. The molecule has 1 heterocycles. The van der Waals surface area contributed by atoms with Crippen LogP contribution in [-0.4, -0.2) is 34.5 Å². The van der Waals surface area contributed by atoms with Crippen molar-refractivity contribution in [2.75, 3.05) is 4.90 Å². The van der Waals surface area contributed by atoms with Crippen LogP contribution >= 0.6 is 0 Å². The van der Waals surface area contributed by atoms with Crippen LogP contribution in [-0.2, 0) is 9.53 Å². The highest BCUT2D eigenvalue weighted by atomic mass is 16.6. The molecule has 0 amide bonds. The second kappa shape index (κ2) is 11.7. The Labute approximate surface area is 230 Å². The first kappa shape index (κ1) is 27.8. The standard InChI is InChI=1S/C33H36N2O4/c1-6-7-17-28-34-30(24-13-9-8-10-14-24)29(31(36)37)22(2)35(28)25-20-18-23(19-21-25)26-15-11-12-16-27(26)32(38)39-33(3,4)5/h8-16,18-22H,6-7,17H2,1-5H3,(H,36,37). The molecule has 1 aliphatic rings. The summed E-state index contributed by atoms with van der Waals surface area (Å²) >= 11 is 0. The number of hydrogen-bond acceptors (Lipinski definition) is 5. The van der Waals surface area contributed by atoms with E-state index in [9.17, 15) is 14.7 Å². The highest BCUT2D eigenvalue weighted by Crippen LogP contribution is 2.35. The monoisotopic (exact) mass is 524 g/mol. The van der Waals surface area contributed by atoms with Crippen LogP contribution in [0.25, 0.3) is 16.8 Å². The zero-order valence-electron chi connectivity index (χ0n) is 23.3. The number of ether oxygens (including phenoxy) is 1. The number of unbranched alkanes of at least 4 members (excludes halogenated alkanes) is 1. The minimum atomic E-state index is -0.979. The molecule has 202 valence electrons. The summed E-state index contributed by atoms with van der Waals surface area (Å²) in [5.74, 6) is -0.506. The number of carbonyl (C=O) groups excluding carboxylic acids is 1. The summed E-state index contributed by atoms with van der Waals surface area (Å²) in [7, 11) is 0. The molecule has 1 aliphatic heterocycles. The van der Waals surface area contributed by atoms with Gasteiger partial charge in [-0.15, -0.1) is 0 Å². The third-order valence-electron chi connectivity index (χ3n) is 6.61. The van der Waals surface area contributed by atoms with Gasteiger partial charge in [0.25, 0.3) is 0 Å². The molecule has 4 rings (SSSR count). The van der Waals surface area contributed by atoms with E-state index in [0.29, 0.717) is 11.3 Å². The largest absolute Gasteiger partial charge is 0.478 e. The van der Waals surface area contributed by atoms with Gasteiger partial charge in [-0.2, -0.15) is 0 Å². The van der Waals surface area contributed by atoms with Crippen LogP contribution in [0.1, 0.15) is 69.8 Å². The minimum Gasteiger partial charge on any atom is -0.478 e. The van der Waals surface area contributed by atoms with Gasteiger partial charge in [0.05, 0.1) is 22.9 Å². The fourth-order valence-electron chi connectivity index (χ4n) is 4.82. The zero-order valence-corrected chi connectivity index (χ0v) is 23.3. The summed E-state index contributed by atoms with van der Waals surface area (Å²) in [4.78, 5) is 32.3. The van der Waals surface area contributed by atoms with Gasteiger partial charge in [-0.1, -0.05) is 74.0 Å². The fourth-order valence-corrected chi connectivity index (χ4v) is 4.82. The average molecular weight is 525 g/mol. The maximum absolute atomic E-state index is 12.9. The lowest BCUT2D eigenvalue weighted by Gasteiger charge is -2.37. The van der Waals surface area contributed by atoms with Crippen LogP contribution in [0.4, 0.5) is 5.69 Å². The summed E-state index contributed by atoms with van der Waals surface area (Å²) in [6.07, 6.45) is 2.67. The van der Waals surface area contributed by atoms with E-state index in [1.165, 1.54) is 0 Å². The summed E-state index contributed by atoms with van der Waals surface area (Å²) in [6.45, 7) is 9.60. The Balaban J connectivity index is 1.74. The van der Waals surface area contributed by atoms with Crippen molar-refractivity contribution in [1.29, 1.82) is 0 Å². The molecule has 6 heteroatoms. The lowest BCUT2D eigenvalue weighted by Crippen LogP contribution is -2.44. The smallest absolute Gasteiger partial charge is 0.339 e. The summed E-state index contributed by atoms with van der Waals surface area (Å²) in [5, 5.41) is 10.2. The molecule has 39 heavy (non-hydrogen) atoms. The third-order valence-corrected chi connectivity index (χ3v) is 6.61. The summed E-state index contributed by atoms with van der Waals surface area (Å²) in [5.41, 5.74) is 3.98. The van der Waals surface area contributed by atoms with Gasteiger partial charge in [-0.3, -0.25) is 0 Å². The van der Waals surface area contributed by atoms with E-state index >= 15 is 0 Å². The van der Waals surface area contributed by atoms with Crippen molar-refractivity contribution in [1.82, 2.24) is 0 Å². The molecule has 3 aromatic rings. The van der Waals surface area contributed by atoms with Gasteiger partial charge in [0.15, 0.2) is 0 Å². The molecule has 0 spiro atoms. The van der Waals surface area contributed by atoms with E-state index in [2.05, 4.69) is 6.92 Å².